The molecule has 2 heterocycles. The van der Waals surface area contributed by atoms with Crippen LogP contribution in [0.25, 0.3) is 0 Å². The lowest BCUT2D eigenvalue weighted by Crippen LogP contribution is -2.40. The predicted octanol–water partition coefficient (Wildman–Crippen LogP) is 1.31. The summed E-state index contributed by atoms with van der Waals surface area (Å²) in [6, 6.07) is 4.00. The molecule has 0 saturated carbocycles. The Bertz CT molecular complexity index is 311. The van der Waals surface area contributed by atoms with Gasteiger partial charge in [-0.3, -0.25) is 4.90 Å². The van der Waals surface area contributed by atoms with E-state index < -0.39 is 0 Å². The number of nitrogens with one attached hydrogen (secondary N) is 1. The van der Waals surface area contributed by atoms with Crippen molar-refractivity contribution in [1.82, 2.24) is 10.2 Å². The van der Waals surface area contributed by atoms with Gasteiger partial charge in [0.05, 0.1) is 19.8 Å². The van der Waals surface area contributed by atoms with Crippen molar-refractivity contribution in [3.05, 3.63) is 21.7 Å². The first-order valence-electron chi connectivity index (χ1n) is 5.59. The number of rotatable bonds is 5. The highest BCUT2D eigenvalue weighted by molar-refractivity contribution is 14.1. The van der Waals surface area contributed by atoms with Crippen molar-refractivity contribution < 1.29 is 9.15 Å². The predicted molar refractivity (Wildman–Crippen MR) is 70.4 cm³/mol. The van der Waals surface area contributed by atoms with Crippen LogP contribution in [-0.2, 0) is 11.3 Å². The van der Waals surface area contributed by atoms with E-state index in [1.54, 1.807) is 0 Å². The fraction of sp³-hybridized carbons (Fsp3) is 0.636. The first-order chi connectivity index (χ1) is 7.84. The van der Waals surface area contributed by atoms with Crippen LogP contribution in [0.15, 0.2) is 16.5 Å². The number of furan rings is 1. The van der Waals surface area contributed by atoms with Gasteiger partial charge < -0.3 is 14.5 Å². The topological polar surface area (TPSA) is 37.6 Å². The molecular weight excluding hydrogens is 319 g/mol. The van der Waals surface area contributed by atoms with Crippen LogP contribution >= 0.6 is 22.6 Å². The normalized spacial score (nSPS) is 17.8. The molecule has 1 fully saturated rings. The van der Waals surface area contributed by atoms with Gasteiger partial charge in [0.2, 0.25) is 0 Å². The molecule has 0 radical (unpaired) electrons. The van der Waals surface area contributed by atoms with Gasteiger partial charge in [0.1, 0.15) is 5.76 Å². The minimum absolute atomic E-state index is 0.813. The quantitative estimate of drug-likeness (QED) is 0.650. The van der Waals surface area contributed by atoms with Crippen molar-refractivity contribution >= 4 is 22.6 Å². The molecule has 1 saturated heterocycles. The molecule has 90 valence electrons. The molecule has 0 aromatic carbocycles. The van der Waals surface area contributed by atoms with Gasteiger partial charge in [-0.1, -0.05) is 0 Å². The Labute approximate surface area is 109 Å². The van der Waals surface area contributed by atoms with Crippen molar-refractivity contribution in [3.63, 3.8) is 0 Å². The third kappa shape index (κ3) is 4.04. The molecule has 1 aliphatic heterocycles. The van der Waals surface area contributed by atoms with Crippen LogP contribution < -0.4 is 5.32 Å². The zero-order chi connectivity index (χ0) is 11.2. The molecule has 1 aromatic heterocycles. The SMILES string of the molecule is Ic1ccc(CNCCN2CCOCC2)o1. The highest BCUT2D eigenvalue weighted by Crippen LogP contribution is 2.09. The number of morpholine rings is 1. The molecule has 0 aliphatic carbocycles. The first kappa shape index (κ1) is 12.3. The van der Waals surface area contributed by atoms with E-state index in [4.69, 9.17) is 9.15 Å². The van der Waals surface area contributed by atoms with Gasteiger partial charge in [0.25, 0.3) is 0 Å². The molecule has 0 amide bonds. The molecule has 0 unspecified atom stereocenters. The molecule has 0 bridgehead atoms. The van der Waals surface area contributed by atoms with E-state index in [0.29, 0.717) is 0 Å². The molecule has 2 rings (SSSR count). The van der Waals surface area contributed by atoms with E-state index in [1.807, 2.05) is 12.1 Å². The highest BCUT2D eigenvalue weighted by Gasteiger charge is 2.09. The molecule has 5 heteroatoms. The molecule has 1 N–H and O–H groups in total. The Balaban J connectivity index is 1.57. The molecule has 1 aliphatic rings. The number of hydrogen-bond donors (Lipinski definition) is 1. The Kier molecular flexibility index (Phi) is 5.08. The van der Waals surface area contributed by atoms with E-state index in [9.17, 15) is 0 Å². The van der Waals surface area contributed by atoms with E-state index >= 15 is 0 Å². The van der Waals surface area contributed by atoms with Crippen LogP contribution in [0.2, 0.25) is 0 Å². The van der Waals surface area contributed by atoms with Crippen molar-refractivity contribution in [3.8, 4) is 0 Å². The zero-order valence-corrected chi connectivity index (χ0v) is 11.4. The maximum Gasteiger partial charge on any atom is 0.164 e. The summed E-state index contributed by atoms with van der Waals surface area (Å²) in [6.07, 6.45) is 0. The largest absolute Gasteiger partial charge is 0.454 e. The van der Waals surface area contributed by atoms with Gasteiger partial charge in [0.15, 0.2) is 3.77 Å². The number of nitrogens with zero attached hydrogens (tertiary/aromatic N) is 1. The Morgan fingerprint density at radius 3 is 2.81 bits per heavy atom. The van der Waals surface area contributed by atoms with Gasteiger partial charge >= 0.3 is 0 Å². The molecule has 0 atom stereocenters. The smallest absolute Gasteiger partial charge is 0.164 e. The Hall–Kier alpha value is -0.110. The van der Waals surface area contributed by atoms with Crippen molar-refractivity contribution in [1.29, 1.82) is 0 Å². The lowest BCUT2D eigenvalue weighted by molar-refractivity contribution is 0.0383. The number of hydrogen-bond acceptors (Lipinski definition) is 4. The van der Waals surface area contributed by atoms with Crippen LogP contribution in [-0.4, -0.2) is 44.3 Å². The van der Waals surface area contributed by atoms with Crippen LogP contribution in [0.3, 0.4) is 0 Å². The summed E-state index contributed by atoms with van der Waals surface area (Å²) in [5, 5.41) is 3.38. The second kappa shape index (κ2) is 6.58. The Morgan fingerprint density at radius 1 is 1.31 bits per heavy atom. The summed E-state index contributed by atoms with van der Waals surface area (Å²) in [7, 11) is 0. The van der Waals surface area contributed by atoms with Crippen molar-refractivity contribution in [2.45, 2.75) is 6.54 Å². The first-order valence-corrected chi connectivity index (χ1v) is 6.67. The molecule has 4 nitrogen and oxygen atoms in total. The fourth-order valence-corrected chi connectivity index (χ4v) is 2.18. The maximum atomic E-state index is 5.47. The third-order valence-corrected chi connectivity index (χ3v) is 3.22. The van der Waals surface area contributed by atoms with Crippen LogP contribution in [0.5, 0.6) is 0 Å². The minimum atomic E-state index is 0.813. The van der Waals surface area contributed by atoms with E-state index in [0.717, 1.165) is 55.5 Å². The Morgan fingerprint density at radius 2 is 2.12 bits per heavy atom. The molecular formula is C11H17IN2O2. The highest BCUT2D eigenvalue weighted by atomic mass is 127. The van der Waals surface area contributed by atoms with E-state index in [2.05, 4.69) is 32.8 Å². The second-order valence-corrected chi connectivity index (χ2v) is 4.90. The lowest BCUT2D eigenvalue weighted by atomic mass is 10.4. The van der Waals surface area contributed by atoms with Gasteiger partial charge in [0, 0.05) is 26.2 Å². The third-order valence-electron chi connectivity index (χ3n) is 2.64. The van der Waals surface area contributed by atoms with Crippen molar-refractivity contribution in [2.75, 3.05) is 39.4 Å². The van der Waals surface area contributed by atoms with E-state index in [-0.39, 0.29) is 0 Å². The summed E-state index contributed by atoms with van der Waals surface area (Å²) in [6.45, 7) is 6.75. The van der Waals surface area contributed by atoms with Crippen LogP contribution in [0.1, 0.15) is 5.76 Å². The van der Waals surface area contributed by atoms with Gasteiger partial charge in [-0.05, 0) is 34.7 Å². The van der Waals surface area contributed by atoms with Crippen LogP contribution in [0, 0.1) is 3.77 Å². The number of halogens is 1. The molecule has 16 heavy (non-hydrogen) atoms. The monoisotopic (exact) mass is 336 g/mol. The standard InChI is InChI=1S/C11H17IN2O2/c12-11-2-1-10(16-11)9-13-3-4-14-5-7-15-8-6-14/h1-2,13H,3-9H2. The van der Waals surface area contributed by atoms with Crippen molar-refractivity contribution in [2.24, 2.45) is 0 Å². The molecule has 0 spiro atoms. The van der Waals surface area contributed by atoms with E-state index in [1.165, 1.54) is 0 Å². The summed E-state index contributed by atoms with van der Waals surface area (Å²) >= 11 is 2.18. The summed E-state index contributed by atoms with van der Waals surface area (Å²) in [5.74, 6) is 1.01. The molecule has 1 aromatic rings. The zero-order valence-electron chi connectivity index (χ0n) is 9.25. The minimum Gasteiger partial charge on any atom is -0.454 e. The maximum absolute atomic E-state index is 5.47. The summed E-state index contributed by atoms with van der Waals surface area (Å²) < 4.78 is 11.7. The summed E-state index contributed by atoms with van der Waals surface area (Å²) in [4.78, 5) is 2.42. The second-order valence-electron chi connectivity index (χ2n) is 3.84. The summed E-state index contributed by atoms with van der Waals surface area (Å²) in [5.41, 5.74) is 0. The lowest BCUT2D eigenvalue weighted by Gasteiger charge is -2.26. The van der Waals surface area contributed by atoms with Gasteiger partial charge in [-0.2, -0.15) is 0 Å². The fourth-order valence-electron chi connectivity index (χ4n) is 1.72. The van der Waals surface area contributed by atoms with Gasteiger partial charge in [-0.15, -0.1) is 0 Å². The van der Waals surface area contributed by atoms with Crippen LogP contribution in [0.4, 0.5) is 0 Å². The average Bonchev–Trinajstić information content (AvgIpc) is 2.72. The van der Waals surface area contributed by atoms with Gasteiger partial charge in [-0.25, -0.2) is 0 Å². The number of ether oxygens (including phenoxy) is 1. The average molecular weight is 336 g/mol.